The maximum absolute atomic E-state index is 13.4. The third-order valence-corrected chi connectivity index (χ3v) is 6.72. The molecule has 29 heavy (non-hydrogen) atoms. The first-order chi connectivity index (χ1) is 14.1. The molecule has 1 aromatic rings. The van der Waals surface area contributed by atoms with Gasteiger partial charge in [0.2, 0.25) is 5.91 Å². The van der Waals surface area contributed by atoms with Crippen LogP contribution in [0.5, 0.6) is 0 Å². The van der Waals surface area contributed by atoms with E-state index in [-0.39, 0.29) is 17.9 Å². The molecule has 3 fully saturated rings. The number of piperazine rings is 1. The molecule has 0 radical (unpaired) electrons. The molecule has 0 bridgehead atoms. The Morgan fingerprint density at radius 1 is 0.966 bits per heavy atom. The van der Waals surface area contributed by atoms with Crippen molar-refractivity contribution in [2.24, 2.45) is 5.92 Å². The predicted octanol–water partition coefficient (Wildman–Crippen LogP) is 2.52. The fraction of sp³-hybridized carbons (Fsp3) is 0.636. The number of halogens is 1. The molecule has 3 aliphatic rings. The van der Waals surface area contributed by atoms with Crippen LogP contribution in [0.4, 0.5) is 0 Å². The highest BCUT2D eigenvalue weighted by Crippen LogP contribution is 2.32. The quantitative estimate of drug-likeness (QED) is 0.752. The van der Waals surface area contributed by atoms with E-state index in [4.69, 9.17) is 16.3 Å². The highest BCUT2D eigenvalue weighted by molar-refractivity contribution is 6.30. The van der Waals surface area contributed by atoms with E-state index in [9.17, 15) is 9.59 Å². The second-order valence-corrected chi connectivity index (χ2v) is 8.70. The van der Waals surface area contributed by atoms with E-state index >= 15 is 0 Å². The third kappa shape index (κ3) is 4.76. The lowest BCUT2D eigenvalue weighted by molar-refractivity contribution is -0.144. The lowest BCUT2D eigenvalue weighted by atomic mass is 9.94. The SMILES string of the molecule is O=C(c1cccc(Cl)c1)N1CCN(C(C(=O)N2CCOCC2)C2CCCC2)CC1. The zero-order chi connectivity index (χ0) is 20.2. The summed E-state index contributed by atoms with van der Waals surface area (Å²) < 4.78 is 5.43. The molecule has 2 aliphatic heterocycles. The predicted molar refractivity (Wildman–Crippen MR) is 112 cm³/mol. The fourth-order valence-corrected chi connectivity index (χ4v) is 5.10. The van der Waals surface area contributed by atoms with Crippen molar-refractivity contribution in [1.82, 2.24) is 14.7 Å². The number of amides is 2. The smallest absolute Gasteiger partial charge is 0.253 e. The van der Waals surface area contributed by atoms with Crippen LogP contribution in [0.15, 0.2) is 24.3 Å². The number of hydrogen-bond donors (Lipinski definition) is 0. The summed E-state index contributed by atoms with van der Waals surface area (Å²) in [6, 6.07) is 7.06. The maximum atomic E-state index is 13.4. The monoisotopic (exact) mass is 419 g/mol. The summed E-state index contributed by atoms with van der Waals surface area (Å²) in [5.74, 6) is 0.708. The summed E-state index contributed by atoms with van der Waals surface area (Å²) in [5.41, 5.74) is 0.627. The third-order valence-electron chi connectivity index (χ3n) is 6.49. The summed E-state index contributed by atoms with van der Waals surface area (Å²) in [4.78, 5) is 32.4. The summed E-state index contributed by atoms with van der Waals surface area (Å²) in [6.07, 6.45) is 4.68. The van der Waals surface area contributed by atoms with Gasteiger partial charge in [-0.25, -0.2) is 0 Å². The molecule has 0 spiro atoms. The Labute approximate surface area is 177 Å². The number of carbonyl (C=O) groups excluding carboxylic acids is 2. The van der Waals surface area contributed by atoms with E-state index in [1.165, 1.54) is 12.8 Å². The molecule has 2 amide bonds. The molecule has 2 heterocycles. The van der Waals surface area contributed by atoms with Gasteiger partial charge in [-0.2, -0.15) is 0 Å². The van der Waals surface area contributed by atoms with Crippen LogP contribution in [0.1, 0.15) is 36.0 Å². The van der Waals surface area contributed by atoms with Gasteiger partial charge in [0.1, 0.15) is 0 Å². The van der Waals surface area contributed by atoms with Gasteiger partial charge in [0, 0.05) is 49.9 Å². The molecular weight excluding hydrogens is 390 g/mol. The topological polar surface area (TPSA) is 53.1 Å². The number of nitrogens with zero attached hydrogens (tertiary/aromatic N) is 3. The van der Waals surface area contributed by atoms with Crippen LogP contribution in [-0.2, 0) is 9.53 Å². The normalized spacial score (nSPS) is 22.7. The first-order valence-corrected chi connectivity index (χ1v) is 11.2. The zero-order valence-corrected chi connectivity index (χ0v) is 17.6. The standard InChI is InChI=1S/C22H30ClN3O3/c23-19-7-3-6-18(16-19)21(27)25-10-8-24(9-11-25)20(17-4-1-2-5-17)22(28)26-12-14-29-15-13-26/h3,6-7,16-17,20H,1-2,4-5,8-15H2. The Kier molecular flexibility index (Phi) is 6.73. The van der Waals surface area contributed by atoms with Crippen molar-refractivity contribution >= 4 is 23.4 Å². The molecule has 1 atom stereocenters. The van der Waals surface area contributed by atoms with Gasteiger partial charge in [-0.3, -0.25) is 14.5 Å². The molecular formula is C22H30ClN3O3. The van der Waals surface area contributed by atoms with Crippen molar-refractivity contribution in [2.75, 3.05) is 52.5 Å². The number of hydrogen-bond acceptors (Lipinski definition) is 4. The van der Waals surface area contributed by atoms with Crippen molar-refractivity contribution in [3.05, 3.63) is 34.9 Å². The van der Waals surface area contributed by atoms with Crippen LogP contribution in [0.3, 0.4) is 0 Å². The largest absolute Gasteiger partial charge is 0.378 e. The summed E-state index contributed by atoms with van der Waals surface area (Å²) in [5, 5.41) is 0.576. The van der Waals surface area contributed by atoms with E-state index in [2.05, 4.69) is 4.90 Å². The van der Waals surface area contributed by atoms with E-state index in [1.807, 2.05) is 21.9 Å². The number of carbonyl (C=O) groups is 2. The fourth-order valence-electron chi connectivity index (χ4n) is 4.91. The van der Waals surface area contributed by atoms with Gasteiger partial charge in [0.05, 0.1) is 19.3 Å². The van der Waals surface area contributed by atoms with E-state index in [0.717, 1.165) is 25.9 Å². The Morgan fingerprint density at radius 3 is 2.31 bits per heavy atom. The Bertz CT molecular complexity index is 724. The van der Waals surface area contributed by atoms with Crippen LogP contribution < -0.4 is 0 Å². The van der Waals surface area contributed by atoms with Gasteiger partial charge in [0.15, 0.2) is 0 Å². The molecule has 1 aromatic carbocycles. The van der Waals surface area contributed by atoms with Crippen molar-refractivity contribution < 1.29 is 14.3 Å². The molecule has 0 N–H and O–H groups in total. The van der Waals surface area contributed by atoms with Crippen LogP contribution in [0.2, 0.25) is 5.02 Å². The number of morpholine rings is 1. The van der Waals surface area contributed by atoms with E-state index < -0.39 is 0 Å². The van der Waals surface area contributed by atoms with E-state index in [0.29, 0.717) is 55.9 Å². The van der Waals surface area contributed by atoms with E-state index in [1.54, 1.807) is 12.1 Å². The minimum absolute atomic E-state index is 0.0177. The maximum Gasteiger partial charge on any atom is 0.253 e. The second-order valence-electron chi connectivity index (χ2n) is 8.27. The van der Waals surface area contributed by atoms with Crippen molar-refractivity contribution in [3.63, 3.8) is 0 Å². The minimum atomic E-state index is -0.0565. The van der Waals surface area contributed by atoms with Gasteiger partial charge >= 0.3 is 0 Å². The molecule has 6 nitrogen and oxygen atoms in total. The van der Waals surface area contributed by atoms with Gasteiger partial charge in [-0.05, 0) is 37.0 Å². The summed E-state index contributed by atoms with van der Waals surface area (Å²) in [6.45, 7) is 5.41. The molecule has 0 aromatic heterocycles. The summed E-state index contributed by atoms with van der Waals surface area (Å²) >= 11 is 6.04. The first kappa shape index (κ1) is 20.6. The molecule has 2 saturated heterocycles. The lowest BCUT2D eigenvalue weighted by Gasteiger charge is -2.43. The lowest BCUT2D eigenvalue weighted by Crippen LogP contribution is -2.59. The molecule has 1 aliphatic carbocycles. The Morgan fingerprint density at radius 2 is 1.66 bits per heavy atom. The molecule has 1 unspecified atom stereocenters. The average molecular weight is 420 g/mol. The van der Waals surface area contributed by atoms with Crippen LogP contribution in [-0.4, -0.2) is 85.0 Å². The summed E-state index contributed by atoms with van der Waals surface area (Å²) in [7, 11) is 0. The number of benzene rings is 1. The van der Waals surface area contributed by atoms with Gasteiger partial charge in [0.25, 0.3) is 5.91 Å². The highest BCUT2D eigenvalue weighted by atomic mass is 35.5. The van der Waals surface area contributed by atoms with Crippen LogP contribution in [0, 0.1) is 5.92 Å². The van der Waals surface area contributed by atoms with Crippen molar-refractivity contribution in [1.29, 1.82) is 0 Å². The Hall–Kier alpha value is -1.63. The highest BCUT2D eigenvalue weighted by Gasteiger charge is 2.39. The van der Waals surface area contributed by atoms with Crippen LogP contribution in [0.25, 0.3) is 0 Å². The number of rotatable bonds is 4. The van der Waals surface area contributed by atoms with Crippen molar-refractivity contribution in [2.45, 2.75) is 31.7 Å². The molecule has 4 rings (SSSR count). The first-order valence-electron chi connectivity index (χ1n) is 10.8. The number of ether oxygens (including phenoxy) is 1. The zero-order valence-electron chi connectivity index (χ0n) is 16.9. The molecule has 1 saturated carbocycles. The molecule has 7 heteroatoms. The average Bonchev–Trinajstić information content (AvgIpc) is 3.29. The Balaban J connectivity index is 1.42. The molecule has 158 valence electrons. The van der Waals surface area contributed by atoms with Crippen LogP contribution >= 0.6 is 11.6 Å². The van der Waals surface area contributed by atoms with Gasteiger partial charge in [-0.15, -0.1) is 0 Å². The minimum Gasteiger partial charge on any atom is -0.378 e. The van der Waals surface area contributed by atoms with Gasteiger partial charge < -0.3 is 14.5 Å². The second kappa shape index (κ2) is 9.45. The van der Waals surface area contributed by atoms with Crippen molar-refractivity contribution in [3.8, 4) is 0 Å². The van der Waals surface area contributed by atoms with Gasteiger partial charge in [-0.1, -0.05) is 30.5 Å².